The van der Waals surface area contributed by atoms with E-state index in [0.717, 1.165) is 88.7 Å². The van der Waals surface area contributed by atoms with Crippen molar-refractivity contribution in [1.29, 1.82) is 0 Å². The molecule has 0 amide bonds. The van der Waals surface area contributed by atoms with Gasteiger partial charge in [-0.15, -0.1) is 0 Å². The Balaban J connectivity index is 0.00000784. The zero-order valence-electron chi connectivity index (χ0n) is 56.4. The third kappa shape index (κ3) is 11.9. The van der Waals surface area contributed by atoms with Gasteiger partial charge in [0, 0.05) is 60.4 Å². The molecule has 1 saturated heterocycles. The summed E-state index contributed by atoms with van der Waals surface area (Å²) in [5.41, 5.74) is 24.7. The molecular weight excluding hydrogens is 1250 g/mol. The largest absolute Gasteiger partial charge is 1.00 e. The van der Waals surface area contributed by atoms with Crippen LogP contribution in [0.25, 0.3) is 10.8 Å². The number of aliphatic hydroxyl groups excluding tert-OH is 2. The van der Waals surface area contributed by atoms with Gasteiger partial charge in [-0.05, 0) is 240 Å². The quantitative estimate of drug-likeness (QED) is 0.0179. The van der Waals surface area contributed by atoms with Gasteiger partial charge in [-0.25, -0.2) is 13.4 Å². The minimum absolute atomic E-state index is 0. The first kappa shape index (κ1) is 67.3. The summed E-state index contributed by atoms with van der Waals surface area (Å²) in [5, 5.41) is 53.3. The second-order valence-electron chi connectivity index (χ2n) is 30.3. The monoisotopic (exact) mass is 1340 g/mol. The van der Waals surface area contributed by atoms with Gasteiger partial charge in [-0.1, -0.05) is 146 Å². The molecule has 5 aliphatic heterocycles. The third-order valence-corrected chi connectivity index (χ3v) is 26.3. The minimum Gasteiger partial charge on any atom is -0.748 e. The number of guanidine groups is 1. The second-order valence-corrected chi connectivity index (χ2v) is 31.9. The molecule has 15 heteroatoms. The first-order chi connectivity index (χ1) is 47.0. The number of benzene rings is 7. The predicted octanol–water partition coefficient (Wildman–Crippen LogP) is 9.67. The Labute approximate surface area is 598 Å². The summed E-state index contributed by atoms with van der Waals surface area (Å²) in [7, 11) is -3.00. The normalized spacial score (nSPS) is 32.7. The summed E-state index contributed by atoms with van der Waals surface area (Å²) < 4.78 is 58.9. The zero-order chi connectivity index (χ0) is 66.6. The van der Waals surface area contributed by atoms with Crippen LogP contribution in [0.5, 0.6) is 11.5 Å². The fourth-order valence-electron chi connectivity index (χ4n) is 20.8. The van der Waals surface area contributed by atoms with Gasteiger partial charge in [-0.3, -0.25) is 0 Å². The van der Waals surface area contributed by atoms with Gasteiger partial charge in [-0.2, -0.15) is 0 Å². The van der Waals surface area contributed by atoms with Crippen molar-refractivity contribution in [2.45, 2.75) is 156 Å². The Bertz CT molecular complexity index is 4490. The van der Waals surface area contributed by atoms with Crippen LogP contribution in [-0.4, -0.2) is 70.0 Å². The molecule has 13 nitrogen and oxygen atoms in total. The van der Waals surface area contributed by atoms with E-state index in [-0.39, 0.29) is 108 Å². The number of ether oxygens (including phenoxy) is 2. The summed E-state index contributed by atoms with van der Waals surface area (Å²) >= 11 is 0. The van der Waals surface area contributed by atoms with E-state index < -0.39 is 62.6 Å². The minimum atomic E-state index is -4.99. The number of nitrogens with zero attached hydrogens (tertiary/aromatic N) is 1. The molecule has 98 heavy (non-hydrogen) atoms. The van der Waals surface area contributed by atoms with Crippen LogP contribution in [0.4, 0.5) is 0 Å². The Morgan fingerprint density at radius 1 is 0.786 bits per heavy atom. The predicted molar refractivity (Wildman–Crippen MR) is 376 cm³/mol. The molecule has 11 aliphatic rings. The van der Waals surface area contributed by atoms with E-state index in [2.05, 4.69) is 152 Å². The summed E-state index contributed by atoms with van der Waals surface area (Å²) in [4.78, 5) is 5.46. The molecular formula is C83H89N4NaO9S. The van der Waals surface area contributed by atoms with E-state index >= 15 is 0 Å². The number of hydrogen-bond donors (Lipinski definition) is 7. The van der Waals surface area contributed by atoms with Crippen LogP contribution in [0.2, 0.25) is 0 Å². The maximum atomic E-state index is 14.9. The number of hydrogen-bond acceptors (Lipinski definition) is 11. The molecule has 0 aromatic heterocycles. The van der Waals surface area contributed by atoms with Crippen LogP contribution in [-0.2, 0) is 59.2 Å². The number of fused-ring (bicyclic) bond motifs is 12. The molecule has 18 rings (SSSR count). The first-order valence-electron chi connectivity index (χ1n) is 35.6. The molecule has 7 aromatic carbocycles. The SMILES string of the molecule is CNCc1cc2ccccc2c2c1CCc1cc(C3CCC4C5C=CC3C4(O)C(Cc3ccccc3)C(C3(N=C(N)N)Oc4ccc6c(c4)CCC(C)C6CC(S(=O)(=O)[O-])C4C=C6CC(CC7CC(CO)CC#Cc8cc(O)ccc8C6O7)C4c4ccc3cc4)C5)ccc1C(O)C2.[Na+]. The molecule has 6 aliphatic carbocycles. The molecule has 5 heterocycles. The smallest absolute Gasteiger partial charge is 0.748 e. The van der Waals surface area contributed by atoms with Crippen molar-refractivity contribution in [3.05, 3.63) is 236 Å². The number of nitrogens with two attached hydrogens (primary N) is 2. The molecule has 502 valence electrons. The number of aryl methyl sites for hydroxylation is 2. The van der Waals surface area contributed by atoms with E-state index in [1.807, 2.05) is 25.2 Å². The maximum Gasteiger partial charge on any atom is 1.00 e. The number of aliphatic imine (C=N–C) groups is 1. The Morgan fingerprint density at radius 2 is 1.56 bits per heavy atom. The van der Waals surface area contributed by atoms with Crippen molar-refractivity contribution in [2.75, 3.05) is 13.7 Å². The summed E-state index contributed by atoms with van der Waals surface area (Å²) in [6.45, 7) is 2.81. The van der Waals surface area contributed by atoms with Gasteiger partial charge in [0.05, 0.1) is 33.2 Å². The van der Waals surface area contributed by atoms with Gasteiger partial charge >= 0.3 is 29.6 Å². The Morgan fingerprint density at radius 3 is 2.36 bits per heavy atom. The van der Waals surface area contributed by atoms with Crippen LogP contribution in [0.1, 0.15) is 167 Å². The topological polar surface area (TPSA) is 233 Å². The van der Waals surface area contributed by atoms with Crippen LogP contribution in [0.3, 0.4) is 0 Å². The number of aromatic hydroxyl groups is 1. The summed E-state index contributed by atoms with van der Waals surface area (Å²) in [5.74, 6) is 3.59. The molecule has 9 N–H and O–H groups in total. The van der Waals surface area contributed by atoms with Crippen molar-refractivity contribution < 1.29 is 72.4 Å². The molecule has 0 spiro atoms. The molecule has 7 aromatic rings. The number of nitrogens with one attached hydrogen (secondary N) is 1. The maximum absolute atomic E-state index is 14.9. The number of rotatable bonds is 9. The molecule has 2 saturated carbocycles. The van der Waals surface area contributed by atoms with E-state index in [9.17, 15) is 33.4 Å². The molecule has 3 fully saturated rings. The van der Waals surface area contributed by atoms with Crippen molar-refractivity contribution in [2.24, 2.45) is 69.7 Å². The average molecular weight is 1340 g/mol. The Kier molecular flexibility index (Phi) is 18.4. The van der Waals surface area contributed by atoms with E-state index in [1.165, 1.54) is 27.5 Å². The van der Waals surface area contributed by atoms with E-state index in [0.29, 0.717) is 68.2 Å². The van der Waals surface area contributed by atoms with Crippen LogP contribution < -0.4 is 51.1 Å². The molecule has 18 unspecified atom stereocenters. The van der Waals surface area contributed by atoms with Crippen molar-refractivity contribution in [1.82, 2.24) is 5.32 Å². The molecule has 18 atom stereocenters. The van der Waals surface area contributed by atoms with Crippen molar-refractivity contribution in [3.8, 4) is 23.3 Å². The van der Waals surface area contributed by atoms with Gasteiger partial charge in [0.15, 0.2) is 5.96 Å². The van der Waals surface area contributed by atoms with Crippen LogP contribution in [0.15, 0.2) is 168 Å². The van der Waals surface area contributed by atoms with E-state index in [4.69, 9.17) is 25.9 Å². The van der Waals surface area contributed by atoms with Gasteiger partial charge in [0.25, 0.3) is 0 Å². The number of phenols is 1. The summed E-state index contributed by atoms with van der Waals surface area (Å²) in [6, 6.07) is 47.6. The number of allylic oxidation sites excluding steroid dienone is 2. The van der Waals surface area contributed by atoms with Crippen molar-refractivity contribution >= 4 is 26.9 Å². The zero-order valence-corrected chi connectivity index (χ0v) is 59.2. The fraction of sp³-hybridized carbons (Fsp3) is 0.434. The van der Waals surface area contributed by atoms with Crippen LogP contribution >= 0.6 is 0 Å². The van der Waals surface area contributed by atoms with Crippen molar-refractivity contribution in [3.63, 3.8) is 0 Å². The van der Waals surface area contributed by atoms with E-state index in [1.54, 1.807) is 12.1 Å². The molecule has 14 bridgehead atoms. The average Bonchev–Trinajstić information content (AvgIpc) is 0.704. The van der Waals surface area contributed by atoms with Gasteiger partial charge < -0.3 is 51.2 Å². The Hall–Kier alpha value is -6.58. The number of aliphatic hydroxyl groups is 3. The second kappa shape index (κ2) is 26.7. The van der Waals surface area contributed by atoms with Gasteiger partial charge in [0.2, 0.25) is 5.72 Å². The molecule has 0 radical (unpaired) electrons. The fourth-order valence-corrected chi connectivity index (χ4v) is 21.9. The third-order valence-electron chi connectivity index (χ3n) is 25.0. The standard InChI is InChI=1S/C83H90N4O9S.Na/c1-47-15-16-55-39-62-25-29-65(55)70(47)44-78(97(92,93)94)72-41-58-37-57(40-63-33-49(46-88)11-8-13-52-38-61(89)24-28-69(52)80(58)95-63)79(72)50-17-22-60(23-18-50)83(96-62,87-81(84)85)76-42-56-21-31-74-67(30-32-73(56)82(74,91)75(76)34-48-9-4-3-5-10-48)53-20-27-68-54(35-53)19-26-66-59(45-86-2)36-51-12-6-7-14-64(51)71(66)43-77(68)90;/h3-7,9-10,12,14,17-18,20-25,27-29,31,35-36,38-39,41,47,49,56-57,63,67,70,72-80,86,88-91H,11,15-16,19,26,30,32-34,37,40,42-46H2,1-2H3,(H4,84,85,87)(H,92,93,94);/q;+1/p-1. The number of phenolic OH excluding ortho intramolecular Hbond substituents is 1. The van der Waals surface area contributed by atoms with Gasteiger partial charge in [0.1, 0.15) is 17.6 Å². The van der Waals surface area contributed by atoms with Crippen LogP contribution in [0, 0.1) is 65.1 Å². The summed E-state index contributed by atoms with van der Waals surface area (Å²) in [6.07, 6.45) is 13.5. The first-order valence-corrected chi connectivity index (χ1v) is 37.1.